The summed E-state index contributed by atoms with van der Waals surface area (Å²) in [6.07, 6.45) is 1.54. The molecule has 1 N–H and O–H groups in total. The Morgan fingerprint density at radius 2 is 2.14 bits per heavy atom. The van der Waals surface area contributed by atoms with E-state index in [4.69, 9.17) is 0 Å². The molecule has 1 heterocycles. The van der Waals surface area contributed by atoms with Gasteiger partial charge in [-0.1, -0.05) is 0 Å². The highest BCUT2D eigenvalue weighted by atomic mass is 19.2. The third-order valence-electron chi connectivity index (χ3n) is 2.05. The van der Waals surface area contributed by atoms with Gasteiger partial charge >= 0.3 is 0 Å². The van der Waals surface area contributed by atoms with Gasteiger partial charge in [0.1, 0.15) is 0 Å². The number of pyridine rings is 1. The molecule has 0 bridgehead atoms. The van der Waals surface area contributed by atoms with E-state index in [2.05, 4.69) is 10.3 Å². The Kier molecular flexibility index (Phi) is 2.04. The second kappa shape index (κ2) is 3.21. The van der Waals surface area contributed by atoms with Crippen LogP contribution < -0.4 is 5.32 Å². The second-order valence-electron chi connectivity index (χ2n) is 2.87. The average Bonchev–Trinajstić information content (AvgIpc) is 2.23. The molecular formula is C10H8F2N2. The molecule has 14 heavy (non-hydrogen) atoms. The minimum atomic E-state index is -0.866. The van der Waals surface area contributed by atoms with Crippen molar-refractivity contribution >= 4 is 16.6 Å². The van der Waals surface area contributed by atoms with Gasteiger partial charge in [-0.3, -0.25) is 4.98 Å². The van der Waals surface area contributed by atoms with Gasteiger partial charge in [-0.2, -0.15) is 0 Å². The van der Waals surface area contributed by atoms with E-state index < -0.39 is 11.6 Å². The van der Waals surface area contributed by atoms with Gasteiger partial charge < -0.3 is 5.32 Å². The van der Waals surface area contributed by atoms with Gasteiger partial charge in [0.2, 0.25) is 0 Å². The van der Waals surface area contributed by atoms with E-state index in [1.54, 1.807) is 19.3 Å². The Balaban J connectivity index is 2.89. The summed E-state index contributed by atoms with van der Waals surface area (Å²) in [7, 11) is 1.64. The molecule has 0 fully saturated rings. The van der Waals surface area contributed by atoms with Gasteiger partial charge in [0.25, 0.3) is 0 Å². The summed E-state index contributed by atoms with van der Waals surface area (Å²) < 4.78 is 26.3. The van der Waals surface area contributed by atoms with Gasteiger partial charge in [0.05, 0.1) is 11.2 Å². The number of benzene rings is 1. The Labute approximate surface area is 79.6 Å². The summed E-state index contributed by atoms with van der Waals surface area (Å²) in [6.45, 7) is 0. The first-order valence-corrected chi connectivity index (χ1v) is 4.14. The summed E-state index contributed by atoms with van der Waals surface area (Å²) in [5.41, 5.74) is 0.924. The summed E-state index contributed by atoms with van der Waals surface area (Å²) >= 11 is 0. The van der Waals surface area contributed by atoms with E-state index >= 15 is 0 Å². The van der Waals surface area contributed by atoms with Crippen molar-refractivity contribution in [1.82, 2.24) is 4.98 Å². The molecule has 1 aromatic carbocycles. The van der Waals surface area contributed by atoms with Crippen LogP contribution in [0, 0.1) is 11.6 Å². The zero-order chi connectivity index (χ0) is 10.1. The first-order chi connectivity index (χ1) is 6.74. The maximum atomic E-state index is 13.3. The molecule has 2 rings (SSSR count). The molecule has 0 aliphatic heterocycles. The van der Waals surface area contributed by atoms with Crippen LogP contribution in [0.1, 0.15) is 0 Å². The first-order valence-electron chi connectivity index (χ1n) is 4.14. The maximum Gasteiger partial charge on any atom is 0.168 e. The highest BCUT2D eigenvalue weighted by Gasteiger charge is 2.11. The van der Waals surface area contributed by atoms with Crippen LogP contribution in [-0.4, -0.2) is 12.0 Å². The van der Waals surface area contributed by atoms with Gasteiger partial charge in [-0.15, -0.1) is 0 Å². The lowest BCUT2D eigenvalue weighted by molar-refractivity contribution is 0.517. The Morgan fingerprint density at radius 1 is 1.36 bits per heavy atom. The average molecular weight is 194 g/mol. The van der Waals surface area contributed by atoms with E-state index in [1.165, 1.54) is 6.07 Å². The summed E-state index contributed by atoms with van der Waals surface area (Å²) in [5, 5.41) is 2.96. The first kappa shape index (κ1) is 8.87. The summed E-state index contributed by atoms with van der Waals surface area (Å²) in [5.74, 6) is -1.72. The van der Waals surface area contributed by atoms with Crippen molar-refractivity contribution in [2.45, 2.75) is 0 Å². The molecule has 0 saturated heterocycles. The lowest BCUT2D eigenvalue weighted by Crippen LogP contribution is -1.96. The van der Waals surface area contributed by atoms with Crippen molar-refractivity contribution < 1.29 is 8.78 Å². The molecule has 0 aliphatic carbocycles. The molecule has 4 heteroatoms. The minimum Gasteiger partial charge on any atom is -0.386 e. The Bertz CT molecular complexity index is 483. The number of aromatic nitrogens is 1. The number of hydrogen-bond acceptors (Lipinski definition) is 2. The van der Waals surface area contributed by atoms with Crippen molar-refractivity contribution in [2.75, 3.05) is 12.4 Å². The Hall–Kier alpha value is -1.71. The zero-order valence-electron chi connectivity index (χ0n) is 7.51. The smallest absolute Gasteiger partial charge is 0.168 e. The van der Waals surface area contributed by atoms with Crippen LogP contribution >= 0.6 is 0 Å². The van der Waals surface area contributed by atoms with Crippen molar-refractivity contribution in [3.05, 3.63) is 36.0 Å². The molecule has 0 spiro atoms. The van der Waals surface area contributed by atoms with Crippen LogP contribution in [0.4, 0.5) is 14.5 Å². The van der Waals surface area contributed by atoms with Gasteiger partial charge in [-0.05, 0) is 12.1 Å². The molecular weight excluding hydrogens is 186 g/mol. The van der Waals surface area contributed by atoms with Crippen molar-refractivity contribution in [1.29, 1.82) is 0 Å². The normalized spacial score (nSPS) is 10.5. The second-order valence-corrected chi connectivity index (χ2v) is 2.87. The fourth-order valence-electron chi connectivity index (χ4n) is 1.37. The number of anilines is 1. The standard InChI is InChI=1S/C10H8F2N2/c1-13-8-5-7(11)9(12)6-3-2-4-14-10(6)8/h2-5,13H,1H3. The topological polar surface area (TPSA) is 24.9 Å². The third-order valence-corrected chi connectivity index (χ3v) is 2.05. The fraction of sp³-hybridized carbons (Fsp3) is 0.100. The molecule has 2 nitrogen and oxygen atoms in total. The van der Waals surface area contributed by atoms with E-state index in [9.17, 15) is 8.78 Å². The quantitative estimate of drug-likeness (QED) is 0.754. The number of hydrogen-bond donors (Lipinski definition) is 1. The number of rotatable bonds is 1. The maximum absolute atomic E-state index is 13.3. The zero-order valence-corrected chi connectivity index (χ0v) is 7.51. The van der Waals surface area contributed by atoms with E-state index in [0.717, 1.165) is 6.07 Å². The van der Waals surface area contributed by atoms with Crippen LogP contribution in [0.2, 0.25) is 0 Å². The van der Waals surface area contributed by atoms with Gasteiger partial charge in [0, 0.05) is 24.7 Å². The molecule has 1 aromatic heterocycles. The molecule has 2 aromatic rings. The van der Waals surface area contributed by atoms with Crippen LogP contribution in [0.3, 0.4) is 0 Å². The number of fused-ring (bicyclic) bond motifs is 1. The molecule has 72 valence electrons. The van der Waals surface area contributed by atoms with Crippen LogP contribution in [0.25, 0.3) is 10.9 Å². The van der Waals surface area contributed by atoms with E-state index in [1.807, 2.05) is 0 Å². The highest BCUT2D eigenvalue weighted by molar-refractivity contribution is 5.90. The largest absolute Gasteiger partial charge is 0.386 e. The summed E-state index contributed by atoms with van der Waals surface area (Å²) in [4.78, 5) is 3.98. The summed E-state index contributed by atoms with van der Waals surface area (Å²) in [6, 6.07) is 4.18. The Morgan fingerprint density at radius 3 is 2.86 bits per heavy atom. The lowest BCUT2D eigenvalue weighted by Gasteiger charge is -2.06. The monoisotopic (exact) mass is 194 g/mol. The van der Waals surface area contributed by atoms with Crippen molar-refractivity contribution in [2.24, 2.45) is 0 Å². The van der Waals surface area contributed by atoms with Crippen LogP contribution in [0.15, 0.2) is 24.4 Å². The number of nitrogens with one attached hydrogen (secondary N) is 1. The molecule has 0 amide bonds. The molecule has 0 radical (unpaired) electrons. The SMILES string of the molecule is CNc1cc(F)c(F)c2cccnc12. The van der Waals surface area contributed by atoms with Gasteiger partial charge in [-0.25, -0.2) is 8.78 Å². The van der Waals surface area contributed by atoms with Crippen molar-refractivity contribution in [3.63, 3.8) is 0 Å². The van der Waals surface area contributed by atoms with Crippen molar-refractivity contribution in [3.8, 4) is 0 Å². The highest BCUT2D eigenvalue weighted by Crippen LogP contribution is 2.25. The predicted molar refractivity (Wildman–Crippen MR) is 51.2 cm³/mol. The third kappa shape index (κ3) is 1.19. The molecule has 0 saturated carbocycles. The van der Waals surface area contributed by atoms with E-state index in [-0.39, 0.29) is 5.39 Å². The number of halogens is 2. The lowest BCUT2D eigenvalue weighted by atomic mass is 10.1. The predicted octanol–water partition coefficient (Wildman–Crippen LogP) is 2.55. The van der Waals surface area contributed by atoms with Crippen LogP contribution in [0.5, 0.6) is 0 Å². The molecule has 0 atom stereocenters. The number of nitrogens with zero attached hydrogens (tertiary/aromatic N) is 1. The van der Waals surface area contributed by atoms with Gasteiger partial charge in [0.15, 0.2) is 11.6 Å². The van der Waals surface area contributed by atoms with Crippen LogP contribution in [-0.2, 0) is 0 Å². The minimum absolute atomic E-state index is 0.192. The fourth-order valence-corrected chi connectivity index (χ4v) is 1.37. The molecule has 0 aliphatic rings. The molecule has 0 unspecified atom stereocenters. The van der Waals surface area contributed by atoms with E-state index in [0.29, 0.717) is 11.2 Å².